The molecule has 0 bridgehead atoms. The van der Waals surface area contributed by atoms with Gasteiger partial charge in [0.05, 0.1) is 7.11 Å². The van der Waals surface area contributed by atoms with Gasteiger partial charge in [0.25, 0.3) is 0 Å². The molecule has 1 rings (SSSR count). The number of nitrogens with zero attached hydrogens (tertiary/aromatic N) is 1. The van der Waals surface area contributed by atoms with Crippen LogP contribution in [0.3, 0.4) is 0 Å². The molecule has 0 heterocycles. The highest BCUT2D eigenvalue weighted by Crippen LogP contribution is 2.30. The van der Waals surface area contributed by atoms with Crippen molar-refractivity contribution in [3.05, 3.63) is 23.8 Å². The molecule has 2 amide bonds. The van der Waals surface area contributed by atoms with E-state index in [9.17, 15) is 4.79 Å². The molecule has 0 radical (unpaired) electrons. The summed E-state index contributed by atoms with van der Waals surface area (Å²) in [5.74, 6) is 0.758. The number of ether oxygens (including phenoxy) is 1. The van der Waals surface area contributed by atoms with E-state index in [1.807, 2.05) is 18.2 Å². The van der Waals surface area contributed by atoms with Gasteiger partial charge in [0, 0.05) is 25.8 Å². The Morgan fingerprint density at radius 1 is 1.28 bits per heavy atom. The second-order valence-electron chi connectivity index (χ2n) is 5.28. The van der Waals surface area contributed by atoms with Crippen LogP contribution in [0.2, 0.25) is 0 Å². The minimum atomic E-state index is -0.150. The minimum Gasteiger partial charge on any atom is -0.497 e. The minimum absolute atomic E-state index is 0.00677. The van der Waals surface area contributed by atoms with Crippen molar-refractivity contribution in [2.75, 3.05) is 26.1 Å². The first-order valence-corrected chi connectivity index (χ1v) is 5.94. The lowest BCUT2D eigenvalue weighted by molar-refractivity contribution is 0.249. The lowest BCUT2D eigenvalue weighted by atomic mass is 9.86. The number of nitrogens with one attached hydrogen (secondary N) is 1. The number of carbonyl (C=O) groups is 1. The standard InChI is InChI=1S/C14H22N2O2/c1-14(2,3)10-7-11(9-12(8-10)18-6)16(5)13(17)15-4/h7-9H,1-6H3,(H,15,17). The van der Waals surface area contributed by atoms with Gasteiger partial charge < -0.3 is 10.1 Å². The van der Waals surface area contributed by atoms with Crippen molar-refractivity contribution in [1.29, 1.82) is 0 Å². The maximum absolute atomic E-state index is 11.6. The number of anilines is 1. The molecule has 0 aliphatic carbocycles. The van der Waals surface area contributed by atoms with Crippen LogP contribution in [0, 0.1) is 0 Å². The zero-order chi connectivity index (χ0) is 13.9. The summed E-state index contributed by atoms with van der Waals surface area (Å²) >= 11 is 0. The quantitative estimate of drug-likeness (QED) is 0.877. The molecule has 0 spiro atoms. The van der Waals surface area contributed by atoms with E-state index in [0.29, 0.717) is 0 Å². The third-order valence-electron chi connectivity index (χ3n) is 2.90. The van der Waals surface area contributed by atoms with Gasteiger partial charge in [0.15, 0.2) is 0 Å². The molecule has 1 N–H and O–H groups in total. The van der Waals surface area contributed by atoms with Gasteiger partial charge in [-0.3, -0.25) is 4.90 Å². The highest BCUT2D eigenvalue weighted by Gasteiger charge is 2.18. The SMILES string of the molecule is CNC(=O)N(C)c1cc(OC)cc(C(C)(C)C)c1. The Balaban J connectivity index is 3.24. The number of methoxy groups -OCH3 is 1. The average molecular weight is 250 g/mol. The van der Waals surface area contributed by atoms with Gasteiger partial charge in [0.2, 0.25) is 0 Å². The van der Waals surface area contributed by atoms with Crippen LogP contribution in [-0.2, 0) is 5.41 Å². The van der Waals surface area contributed by atoms with Crippen molar-refractivity contribution in [3.8, 4) is 5.75 Å². The predicted molar refractivity (Wildman–Crippen MR) is 74.6 cm³/mol. The summed E-state index contributed by atoms with van der Waals surface area (Å²) in [6, 6.07) is 5.71. The Morgan fingerprint density at radius 3 is 2.33 bits per heavy atom. The first kappa shape index (κ1) is 14.4. The highest BCUT2D eigenvalue weighted by atomic mass is 16.5. The number of hydrogen-bond acceptors (Lipinski definition) is 2. The van der Waals surface area contributed by atoms with Crippen LogP contribution in [0.25, 0.3) is 0 Å². The molecule has 4 nitrogen and oxygen atoms in total. The number of rotatable bonds is 2. The van der Waals surface area contributed by atoms with Crippen molar-refractivity contribution in [2.45, 2.75) is 26.2 Å². The van der Waals surface area contributed by atoms with Crippen LogP contribution in [0.15, 0.2) is 18.2 Å². The monoisotopic (exact) mass is 250 g/mol. The van der Waals surface area contributed by atoms with Crippen molar-refractivity contribution >= 4 is 11.7 Å². The van der Waals surface area contributed by atoms with Gasteiger partial charge >= 0.3 is 6.03 Å². The fraction of sp³-hybridized carbons (Fsp3) is 0.500. The van der Waals surface area contributed by atoms with E-state index in [2.05, 4.69) is 26.1 Å². The Morgan fingerprint density at radius 2 is 1.89 bits per heavy atom. The Bertz CT molecular complexity index is 436. The summed E-state index contributed by atoms with van der Waals surface area (Å²) in [4.78, 5) is 13.2. The third-order valence-corrected chi connectivity index (χ3v) is 2.90. The van der Waals surface area contributed by atoms with Gasteiger partial charge in [-0.25, -0.2) is 4.79 Å². The molecule has 0 saturated heterocycles. The summed E-state index contributed by atoms with van der Waals surface area (Å²) in [6.07, 6.45) is 0. The van der Waals surface area contributed by atoms with E-state index in [4.69, 9.17) is 4.74 Å². The normalized spacial score (nSPS) is 11.0. The van der Waals surface area contributed by atoms with Crippen LogP contribution in [0.4, 0.5) is 10.5 Å². The van der Waals surface area contributed by atoms with Gasteiger partial charge in [-0.2, -0.15) is 0 Å². The van der Waals surface area contributed by atoms with Gasteiger partial charge in [0.1, 0.15) is 5.75 Å². The lowest BCUT2D eigenvalue weighted by Gasteiger charge is -2.24. The van der Waals surface area contributed by atoms with Crippen LogP contribution >= 0.6 is 0 Å². The van der Waals surface area contributed by atoms with Crippen molar-refractivity contribution in [2.24, 2.45) is 0 Å². The molecule has 4 heteroatoms. The van der Waals surface area contributed by atoms with E-state index < -0.39 is 0 Å². The molecule has 0 aliphatic heterocycles. The first-order chi connectivity index (χ1) is 8.29. The van der Waals surface area contributed by atoms with E-state index in [1.54, 1.807) is 26.1 Å². The Hall–Kier alpha value is -1.71. The lowest BCUT2D eigenvalue weighted by Crippen LogP contribution is -2.35. The highest BCUT2D eigenvalue weighted by molar-refractivity contribution is 5.91. The molecule has 1 aromatic rings. The smallest absolute Gasteiger partial charge is 0.321 e. The number of benzene rings is 1. The van der Waals surface area contributed by atoms with Gasteiger partial charge in [-0.05, 0) is 23.1 Å². The molecular formula is C14H22N2O2. The topological polar surface area (TPSA) is 41.6 Å². The van der Waals surface area contributed by atoms with Crippen molar-refractivity contribution < 1.29 is 9.53 Å². The van der Waals surface area contributed by atoms with Gasteiger partial charge in [-0.15, -0.1) is 0 Å². The van der Waals surface area contributed by atoms with E-state index >= 15 is 0 Å². The zero-order valence-electron chi connectivity index (χ0n) is 12.0. The number of hydrogen-bond donors (Lipinski definition) is 1. The number of carbonyl (C=O) groups excluding carboxylic acids is 1. The molecule has 0 atom stereocenters. The average Bonchev–Trinajstić information content (AvgIpc) is 2.35. The zero-order valence-corrected chi connectivity index (χ0v) is 12.0. The van der Waals surface area contributed by atoms with Crippen molar-refractivity contribution in [3.63, 3.8) is 0 Å². The molecule has 100 valence electrons. The molecule has 1 aromatic carbocycles. The maximum Gasteiger partial charge on any atom is 0.321 e. The molecule has 0 unspecified atom stereocenters. The van der Waals surface area contributed by atoms with E-state index in [0.717, 1.165) is 17.0 Å². The summed E-state index contributed by atoms with van der Waals surface area (Å²) in [6.45, 7) is 6.39. The van der Waals surface area contributed by atoms with Crippen LogP contribution in [0.1, 0.15) is 26.3 Å². The second-order valence-corrected chi connectivity index (χ2v) is 5.28. The summed E-state index contributed by atoms with van der Waals surface area (Å²) in [5.41, 5.74) is 1.96. The second kappa shape index (κ2) is 5.29. The number of urea groups is 1. The summed E-state index contributed by atoms with van der Waals surface area (Å²) < 4.78 is 5.30. The number of amides is 2. The summed E-state index contributed by atoms with van der Waals surface area (Å²) in [7, 11) is 4.98. The molecule has 0 saturated carbocycles. The molecular weight excluding hydrogens is 228 g/mol. The van der Waals surface area contributed by atoms with Crippen LogP contribution in [-0.4, -0.2) is 27.2 Å². The first-order valence-electron chi connectivity index (χ1n) is 5.94. The van der Waals surface area contributed by atoms with E-state index in [1.165, 1.54) is 0 Å². The Kier molecular flexibility index (Phi) is 4.22. The Labute approximate surface area is 109 Å². The molecule has 0 aliphatic rings. The van der Waals surface area contributed by atoms with Crippen molar-refractivity contribution in [1.82, 2.24) is 5.32 Å². The van der Waals surface area contributed by atoms with E-state index in [-0.39, 0.29) is 11.4 Å². The fourth-order valence-corrected chi connectivity index (χ4v) is 1.61. The largest absolute Gasteiger partial charge is 0.497 e. The van der Waals surface area contributed by atoms with Crippen LogP contribution < -0.4 is 15.0 Å². The maximum atomic E-state index is 11.6. The molecule has 18 heavy (non-hydrogen) atoms. The molecule has 0 aromatic heterocycles. The fourth-order valence-electron chi connectivity index (χ4n) is 1.61. The van der Waals surface area contributed by atoms with Crippen LogP contribution in [0.5, 0.6) is 5.75 Å². The third kappa shape index (κ3) is 3.15. The summed E-state index contributed by atoms with van der Waals surface area (Å²) in [5, 5.41) is 2.61. The molecule has 0 fully saturated rings. The predicted octanol–water partition coefficient (Wildman–Crippen LogP) is 2.77. The van der Waals surface area contributed by atoms with Gasteiger partial charge in [-0.1, -0.05) is 20.8 Å².